The molecule has 106 valence electrons. The molecule has 1 amide bonds. The van der Waals surface area contributed by atoms with Crippen molar-refractivity contribution in [3.8, 4) is 5.75 Å². The van der Waals surface area contributed by atoms with Gasteiger partial charge in [-0.1, -0.05) is 31.9 Å². The van der Waals surface area contributed by atoms with Crippen LogP contribution in [-0.2, 0) is 4.79 Å². The molecule has 0 aromatic heterocycles. The Kier molecular flexibility index (Phi) is 6.12. The fourth-order valence-corrected chi connectivity index (χ4v) is 1.82. The molecular formula is C14H21ClN2O2. The van der Waals surface area contributed by atoms with Crippen molar-refractivity contribution in [2.45, 2.75) is 33.2 Å². The summed E-state index contributed by atoms with van der Waals surface area (Å²) in [4.78, 5) is 11.9. The number of rotatable bonds is 6. The van der Waals surface area contributed by atoms with Crippen LogP contribution in [0.15, 0.2) is 18.2 Å². The minimum Gasteiger partial charge on any atom is -0.492 e. The van der Waals surface area contributed by atoms with E-state index in [0.29, 0.717) is 23.1 Å². The van der Waals surface area contributed by atoms with E-state index in [0.717, 1.165) is 6.42 Å². The first kappa shape index (κ1) is 15.8. The van der Waals surface area contributed by atoms with Crippen LogP contribution in [0.5, 0.6) is 5.75 Å². The molecule has 0 bridgehead atoms. The third-order valence-corrected chi connectivity index (χ3v) is 3.35. The molecule has 5 heteroatoms. The second kappa shape index (κ2) is 7.36. The average Bonchev–Trinajstić information content (AvgIpc) is 2.40. The van der Waals surface area contributed by atoms with Crippen LogP contribution in [0.3, 0.4) is 0 Å². The summed E-state index contributed by atoms with van der Waals surface area (Å²) >= 11 is 6.05. The molecule has 1 rings (SSSR count). The lowest BCUT2D eigenvalue weighted by molar-refractivity contribution is -0.118. The molecule has 2 unspecified atom stereocenters. The van der Waals surface area contributed by atoms with Crippen molar-refractivity contribution >= 4 is 23.2 Å². The van der Waals surface area contributed by atoms with E-state index in [-0.39, 0.29) is 11.8 Å². The number of carbonyl (C=O) groups is 1. The summed E-state index contributed by atoms with van der Waals surface area (Å²) in [6.07, 6.45) is 0.860. The van der Waals surface area contributed by atoms with Crippen molar-refractivity contribution in [1.82, 2.24) is 0 Å². The molecular weight excluding hydrogens is 264 g/mol. The summed E-state index contributed by atoms with van der Waals surface area (Å²) in [5.41, 5.74) is 6.49. The Morgan fingerprint density at radius 1 is 1.47 bits per heavy atom. The smallest absolute Gasteiger partial charge is 0.241 e. The number of benzene rings is 1. The molecule has 3 N–H and O–H groups in total. The molecule has 0 fully saturated rings. The summed E-state index contributed by atoms with van der Waals surface area (Å²) in [7, 11) is 0. The Morgan fingerprint density at radius 2 is 2.16 bits per heavy atom. The van der Waals surface area contributed by atoms with Crippen LogP contribution in [0.25, 0.3) is 0 Å². The summed E-state index contributed by atoms with van der Waals surface area (Å²) in [6, 6.07) is 4.62. The van der Waals surface area contributed by atoms with E-state index in [1.165, 1.54) is 0 Å². The molecule has 4 nitrogen and oxygen atoms in total. The van der Waals surface area contributed by atoms with Crippen LogP contribution in [0.2, 0.25) is 5.02 Å². The van der Waals surface area contributed by atoms with Gasteiger partial charge in [-0.2, -0.15) is 0 Å². The SMILES string of the molecule is CCOc1ccc(NC(=O)C(N)C(C)CC)cc1Cl. The fraction of sp³-hybridized carbons (Fsp3) is 0.500. The van der Waals surface area contributed by atoms with Gasteiger partial charge >= 0.3 is 0 Å². The topological polar surface area (TPSA) is 64.3 Å². The molecule has 1 aromatic carbocycles. The molecule has 0 aliphatic carbocycles. The molecule has 2 atom stereocenters. The van der Waals surface area contributed by atoms with E-state index < -0.39 is 6.04 Å². The monoisotopic (exact) mass is 284 g/mol. The molecule has 0 radical (unpaired) electrons. The minimum atomic E-state index is -0.518. The quantitative estimate of drug-likeness (QED) is 0.844. The summed E-state index contributed by atoms with van der Waals surface area (Å²) in [5, 5.41) is 3.23. The molecule has 19 heavy (non-hydrogen) atoms. The van der Waals surface area contributed by atoms with Crippen molar-refractivity contribution in [3.05, 3.63) is 23.2 Å². The summed E-state index contributed by atoms with van der Waals surface area (Å²) < 4.78 is 5.33. The number of halogens is 1. The second-order valence-electron chi connectivity index (χ2n) is 4.48. The van der Waals surface area contributed by atoms with Gasteiger partial charge in [-0.05, 0) is 31.0 Å². The van der Waals surface area contributed by atoms with Crippen LogP contribution in [0.4, 0.5) is 5.69 Å². The first-order valence-electron chi connectivity index (χ1n) is 6.48. The number of nitrogens with two attached hydrogens (primary N) is 1. The van der Waals surface area contributed by atoms with E-state index in [9.17, 15) is 4.79 Å². The number of carbonyl (C=O) groups excluding carboxylic acids is 1. The Labute approximate surface area is 119 Å². The highest BCUT2D eigenvalue weighted by molar-refractivity contribution is 6.32. The predicted octanol–water partition coefficient (Wildman–Crippen LogP) is 3.05. The first-order valence-corrected chi connectivity index (χ1v) is 6.86. The zero-order chi connectivity index (χ0) is 14.4. The average molecular weight is 285 g/mol. The van der Waals surface area contributed by atoms with Gasteiger partial charge in [0.1, 0.15) is 5.75 Å². The lowest BCUT2D eigenvalue weighted by Gasteiger charge is -2.18. The Morgan fingerprint density at radius 3 is 2.68 bits per heavy atom. The van der Waals surface area contributed by atoms with Gasteiger partial charge in [-0.25, -0.2) is 0 Å². The van der Waals surface area contributed by atoms with Gasteiger partial charge in [0.2, 0.25) is 5.91 Å². The van der Waals surface area contributed by atoms with Gasteiger partial charge in [0.15, 0.2) is 0 Å². The fourth-order valence-electron chi connectivity index (χ4n) is 1.59. The lowest BCUT2D eigenvalue weighted by Crippen LogP contribution is -2.40. The molecule has 0 spiro atoms. The van der Waals surface area contributed by atoms with E-state index in [1.54, 1.807) is 18.2 Å². The zero-order valence-electron chi connectivity index (χ0n) is 11.6. The number of anilines is 1. The van der Waals surface area contributed by atoms with Crippen LogP contribution in [0.1, 0.15) is 27.2 Å². The van der Waals surface area contributed by atoms with Crippen LogP contribution in [0, 0.1) is 5.92 Å². The minimum absolute atomic E-state index is 0.137. The van der Waals surface area contributed by atoms with Crippen LogP contribution < -0.4 is 15.8 Å². The highest BCUT2D eigenvalue weighted by Crippen LogP contribution is 2.27. The molecule has 0 saturated carbocycles. The molecule has 0 aliphatic heterocycles. The largest absolute Gasteiger partial charge is 0.492 e. The highest BCUT2D eigenvalue weighted by atomic mass is 35.5. The third-order valence-electron chi connectivity index (χ3n) is 3.06. The normalized spacial score (nSPS) is 13.7. The van der Waals surface area contributed by atoms with Gasteiger partial charge in [0, 0.05) is 5.69 Å². The molecule has 0 aliphatic rings. The molecule has 1 aromatic rings. The van der Waals surface area contributed by atoms with Crippen molar-refractivity contribution in [2.75, 3.05) is 11.9 Å². The number of nitrogens with one attached hydrogen (secondary N) is 1. The zero-order valence-corrected chi connectivity index (χ0v) is 12.3. The third kappa shape index (κ3) is 4.40. The van der Waals surface area contributed by atoms with Gasteiger partial charge < -0.3 is 15.8 Å². The maximum atomic E-state index is 11.9. The number of hydrogen-bond acceptors (Lipinski definition) is 3. The Bertz CT molecular complexity index is 437. The van der Waals surface area contributed by atoms with Crippen LogP contribution >= 0.6 is 11.6 Å². The predicted molar refractivity (Wildman–Crippen MR) is 78.7 cm³/mol. The van der Waals surface area contributed by atoms with Gasteiger partial charge in [-0.3, -0.25) is 4.79 Å². The summed E-state index contributed by atoms with van der Waals surface area (Å²) in [6.45, 7) is 6.39. The van der Waals surface area contributed by atoms with Gasteiger partial charge in [-0.15, -0.1) is 0 Å². The highest BCUT2D eigenvalue weighted by Gasteiger charge is 2.19. The van der Waals surface area contributed by atoms with Crippen molar-refractivity contribution in [3.63, 3.8) is 0 Å². The standard InChI is InChI=1S/C14H21ClN2O2/c1-4-9(3)13(16)14(18)17-10-6-7-12(19-5-2)11(15)8-10/h6-9,13H,4-5,16H2,1-3H3,(H,17,18). The van der Waals surface area contributed by atoms with E-state index in [1.807, 2.05) is 20.8 Å². The number of hydrogen-bond donors (Lipinski definition) is 2. The maximum absolute atomic E-state index is 11.9. The van der Waals surface area contributed by atoms with E-state index >= 15 is 0 Å². The molecule has 0 heterocycles. The number of ether oxygens (including phenoxy) is 1. The lowest BCUT2D eigenvalue weighted by atomic mass is 9.99. The van der Waals surface area contributed by atoms with Crippen LogP contribution in [-0.4, -0.2) is 18.6 Å². The van der Waals surface area contributed by atoms with E-state index in [2.05, 4.69) is 5.32 Å². The van der Waals surface area contributed by atoms with Crippen molar-refractivity contribution < 1.29 is 9.53 Å². The first-order chi connectivity index (χ1) is 8.99. The number of amides is 1. The molecule has 0 saturated heterocycles. The van der Waals surface area contributed by atoms with Crippen molar-refractivity contribution in [1.29, 1.82) is 0 Å². The van der Waals surface area contributed by atoms with Gasteiger partial charge in [0.25, 0.3) is 0 Å². The summed E-state index contributed by atoms with van der Waals surface area (Å²) in [5.74, 6) is 0.543. The Hall–Kier alpha value is -1.26. The Balaban J connectivity index is 2.72. The van der Waals surface area contributed by atoms with E-state index in [4.69, 9.17) is 22.1 Å². The van der Waals surface area contributed by atoms with Gasteiger partial charge in [0.05, 0.1) is 17.7 Å². The maximum Gasteiger partial charge on any atom is 0.241 e. The van der Waals surface area contributed by atoms with Crippen molar-refractivity contribution in [2.24, 2.45) is 11.7 Å². The second-order valence-corrected chi connectivity index (χ2v) is 4.89.